The number of hydrogen-bond donors (Lipinski definition) is 1. The van der Waals surface area contributed by atoms with Crippen molar-refractivity contribution in [1.82, 2.24) is 15.1 Å². The Balaban J connectivity index is 2.34. The Hall–Kier alpha value is -0.650. The van der Waals surface area contributed by atoms with Crippen LogP contribution in [0.2, 0.25) is 0 Å². The molecule has 5 heteroatoms. The van der Waals surface area contributed by atoms with Crippen LogP contribution < -0.4 is 5.32 Å². The van der Waals surface area contributed by atoms with Crippen molar-refractivity contribution in [2.24, 2.45) is 0 Å². The van der Waals surface area contributed by atoms with E-state index in [1.54, 1.807) is 0 Å². The molecular formula is C15H19Br2N3. The van der Waals surface area contributed by atoms with Gasteiger partial charge in [-0.15, -0.1) is 0 Å². The molecule has 0 saturated carbocycles. The fourth-order valence-corrected chi connectivity index (χ4v) is 3.39. The Morgan fingerprint density at radius 3 is 2.60 bits per heavy atom. The predicted molar refractivity (Wildman–Crippen MR) is 90.0 cm³/mol. The van der Waals surface area contributed by atoms with E-state index in [-0.39, 0.29) is 6.04 Å². The van der Waals surface area contributed by atoms with Gasteiger partial charge in [-0.3, -0.25) is 4.68 Å². The highest BCUT2D eigenvalue weighted by Crippen LogP contribution is 2.29. The van der Waals surface area contributed by atoms with Crippen molar-refractivity contribution in [2.45, 2.75) is 32.9 Å². The molecule has 0 radical (unpaired) electrons. The number of hydrogen-bond acceptors (Lipinski definition) is 2. The first-order valence-electron chi connectivity index (χ1n) is 6.72. The summed E-state index contributed by atoms with van der Waals surface area (Å²) in [5.74, 6) is 0. The molecule has 1 N–H and O–H groups in total. The molecule has 2 aromatic rings. The quantitative estimate of drug-likeness (QED) is 0.813. The van der Waals surface area contributed by atoms with Crippen molar-refractivity contribution in [3.8, 4) is 0 Å². The summed E-state index contributed by atoms with van der Waals surface area (Å²) in [5.41, 5.74) is 3.55. The summed E-state index contributed by atoms with van der Waals surface area (Å²) in [6.07, 6.45) is 0.897. The average Bonchev–Trinajstić information content (AvgIpc) is 2.73. The molecule has 2 rings (SSSR count). The van der Waals surface area contributed by atoms with Gasteiger partial charge in [0.25, 0.3) is 0 Å². The number of aryl methyl sites for hydroxylation is 2. The van der Waals surface area contributed by atoms with Crippen LogP contribution in [0.4, 0.5) is 0 Å². The van der Waals surface area contributed by atoms with E-state index >= 15 is 0 Å². The van der Waals surface area contributed by atoms with Crippen molar-refractivity contribution in [3.05, 3.63) is 50.2 Å². The second kappa shape index (κ2) is 6.87. The van der Waals surface area contributed by atoms with Crippen molar-refractivity contribution >= 4 is 31.9 Å². The molecule has 20 heavy (non-hydrogen) atoms. The van der Waals surface area contributed by atoms with Crippen molar-refractivity contribution < 1.29 is 0 Å². The molecule has 0 aliphatic rings. The van der Waals surface area contributed by atoms with Gasteiger partial charge in [-0.2, -0.15) is 5.10 Å². The lowest BCUT2D eigenvalue weighted by Crippen LogP contribution is -2.21. The van der Waals surface area contributed by atoms with Gasteiger partial charge in [0.05, 0.1) is 15.9 Å². The molecule has 0 amide bonds. The Morgan fingerprint density at radius 2 is 2.00 bits per heavy atom. The molecule has 0 saturated heterocycles. The van der Waals surface area contributed by atoms with E-state index in [0.29, 0.717) is 0 Å². The molecule has 1 aromatic heterocycles. The Labute approximate surface area is 137 Å². The zero-order valence-electron chi connectivity index (χ0n) is 12.0. The number of nitrogens with one attached hydrogen (secondary N) is 1. The van der Waals surface area contributed by atoms with Crippen LogP contribution in [0.25, 0.3) is 0 Å². The Kier molecular flexibility index (Phi) is 5.41. The van der Waals surface area contributed by atoms with Gasteiger partial charge in [0.15, 0.2) is 0 Å². The van der Waals surface area contributed by atoms with Crippen LogP contribution in [-0.2, 0) is 13.0 Å². The van der Waals surface area contributed by atoms with Crippen molar-refractivity contribution in [3.63, 3.8) is 0 Å². The van der Waals surface area contributed by atoms with Crippen LogP contribution in [-0.4, -0.2) is 16.8 Å². The molecule has 3 nitrogen and oxygen atoms in total. The lowest BCUT2D eigenvalue weighted by Gasteiger charge is -2.19. The molecule has 0 spiro atoms. The molecule has 108 valence electrons. The van der Waals surface area contributed by atoms with E-state index in [4.69, 9.17) is 0 Å². The summed E-state index contributed by atoms with van der Waals surface area (Å²) < 4.78 is 4.32. The monoisotopic (exact) mass is 399 g/mol. The zero-order valence-corrected chi connectivity index (χ0v) is 15.1. The Morgan fingerprint density at radius 1 is 1.30 bits per heavy atom. The van der Waals surface area contributed by atoms with Crippen LogP contribution in [0.5, 0.6) is 0 Å². The smallest absolute Gasteiger partial charge is 0.0738 e. The van der Waals surface area contributed by atoms with Gasteiger partial charge < -0.3 is 5.32 Å². The molecule has 1 unspecified atom stereocenters. The summed E-state index contributed by atoms with van der Waals surface area (Å²) in [4.78, 5) is 0. The summed E-state index contributed by atoms with van der Waals surface area (Å²) in [5, 5.41) is 7.97. The van der Waals surface area contributed by atoms with E-state index in [1.807, 2.05) is 20.0 Å². The predicted octanol–water partition coefficient (Wildman–Crippen LogP) is 4.24. The van der Waals surface area contributed by atoms with Gasteiger partial charge in [-0.05, 0) is 48.5 Å². The fourth-order valence-electron chi connectivity index (χ4n) is 2.38. The fraction of sp³-hybridized carbons (Fsp3) is 0.400. The lowest BCUT2D eigenvalue weighted by atomic mass is 10.0. The van der Waals surface area contributed by atoms with Crippen LogP contribution in [0.15, 0.2) is 33.2 Å². The maximum Gasteiger partial charge on any atom is 0.0738 e. The largest absolute Gasteiger partial charge is 0.313 e. The van der Waals surface area contributed by atoms with Gasteiger partial charge in [-0.25, -0.2) is 0 Å². The number of rotatable bonds is 5. The third-order valence-electron chi connectivity index (χ3n) is 3.48. The second-order valence-electron chi connectivity index (χ2n) is 4.73. The van der Waals surface area contributed by atoms with Gasteiger partial charge in [0.1, 0.15) is 0 Å². The highest BCUT2D eigenvalue weighted by molar-refractivity contribution is 9.10. The summed E-state index contributed by atoms with van der Waals surface area (Å²) >= 11 is 7.30. The minimum absolute atomic E-state index is 0.253. The highest BCUT2D eigenvalue weighted by Gasteiger charge is 2.19. The zero-order chi connectivity index (χ0) is 14.7. The highest BCUT2D eigenvalue weighted by atomic mass is 79.9. The maximum absolute atomic E-state index is 4.56. The average molecular weight is 401 g/mol. The van der Waals surface area contributed by atoms with Gasteiger partial charge in [-0.1, -0.05) is 34.1 Å². The van der Waals surface area contributed by atoms with E-state index in [0.717, 1.165) is 27.6 Å². The number of benzene rings is 1. The number of halogens is 2. The normalized spacial score (nSPS) is 12.7. The van der Waals surface area contributed by atoms with Gasteiger partial charge >= 0.3 is 0 Å². The van der Waals surface area contributed by atoms with Crippen LogP contribution >= 0.6 is 31.9 Å². The SMILES string of the molecule is CCn1nc(C)c(Br)c1CC(NC)c1ccccc1Br. The molecule has 0 bridgehead atoms. The third kappa shape index (κ3) is 3.15. The van der Waals surface area contributed by atoms with E-state index < -0.39 is 0 Å². The minimum atomic E-state index is 0.253. The van der Waals surface area contributed by atoms with E-state index in [1.165, 1.54) is 11.3 Å². The van der Waals surface area contributed by atoms with Crippen LogP contribution in [0.3, 0.4) is 0 Å². The van der Waals surface area contributed by atoms with Crippen LogP contribution in [0.1, 0.15) is 29.9 Å². The molecular weight excluding hydrogens is 382 g/mol. The molecule has 0 fully saturated rings. The van der Waals surface area contributed by atoms with Crippen molar-refractivity contribution in [1.29, 1.82) is 0 Å². The van der Waals surface area contributed by atoms with Gasteiger partial charge in [0, 0.05) is 23.5 Å². The third-order valence-corrected chi connectivity index (χ3v) is 5.23. The lowest BCUT2D eigenvalue weighted by molar-refractivity contribution is 0.538. The Bertz CT molecular complexity index is 593. The topological polar surface area (TPSA) is 29.9 Å². The van der Waals surface area contributed by atoms with Crippen LogP contribution in [0, 0.1) is 6.92 Å². The molecule has 0 aliphatic carbocycles. The number of nitrogens with zero attached hydrogens (tertiary/aromatic N) is 2. The first kappa shape index (κ1) is 15.7. The standard InChI is InChI=1S/C15H19Br2N3/c1-4-20-14(15(17)10(2)19-20)9-13(18-3)11-7-5-6-8-12(11)16/h5-8,13,18H,4,9H2,1-3H3. The van der Waals surface area contributed by atoms with E-state index in [2.05, 4.69) is 72.1 Å². The summed E-state index contributed by atoms with van der Waals surface area (Å²) in [6, 6.07) is 8.59. The molecule has 1 aromatic carbocycles. The summed E-state index contributed by atoms with van der Waals surface area (Å²) in [7, 11) is 2.00. The first-order valence-corrected chi connectivity index (χ1v) is 8.30. The summed E-state index contributed by atoms with van der Waals surface area (Å²) in [6.45, 7) is 5.04. The van der Waals surface area contributed by atoms with E-state index in [9.17, 15) is 0 Å². The number of aromatic nitrogens is 2. The number of likely N-dealkylation sites (N-methyl/N-ethyl adjacent to an activating group) is 1. The molecule has 1 heterocycles. The minimum Gasteiger partial charge on any atom is -0.313 e. The van der Waals surface area contributed by atoms with Crippen molar-refractivity contribution in [2.75, 3.05) is 7.05 Å². The molecule has 1 atom stereocenters. The maximum atomic E-state index is 4.56. The molecule has 0 aliphatic heterocycles. The van der Waals surface area contributed by atoms with Gasteiger partial charge in [0.2, 0.25) is 0 Å². The first-order chi connectivity index (χ1) is 9.58. The second-order valence-corrected chi connectivity index (χ2v) is 6.38.